The Hall–Kier alpha value is 1.44. The predicted octanol–water partition coefficient (Wildman–Crippen LogP) is 6.88. The van der Waals surface area contributed by atoms with Gasteiger partial charge in [0, 0.05) is 28.7 Å². The summed E-state index contributed by atoms with van der Waals surface area (Å²) in [6.45, 7) is 12.3. The molecule has 3 heterocycles. The van der Waals surface area contributed by atoms with Gasteiger partial charge in [-0.25, -0.2) is 0 Å². The quantitative estimate of drug-likeness (QED) is 0.287. The number of hydrogen-bond donors (Lipinski definition) is 0. The third kappa shape index (κ3) is 8.38. The molecule has 0 unspecified atom stereocenters. The average molecular weight is 540 g/mol. The maximum atomic E-state index is 4.93. The average Bonchev–Trinajstić information content (AvgIpc) is 3.40. The van der Waals surface area contributed by atoms with Gasteiger partial charge in [0.1, 0.15) is 23.8 Å². The Morgan fingerprint density at radius 2 is 1.03 bits per heavy atom. The standard InChI is InChI=1S/C18H28P2.C4H8O.3ClH.Cr/c1-13-9-10-14(2)19(13)17-7-5-6-8-18(17)20-15(3)11-12-16(20)4;1-2-4-5-3-1;;;;/h5-8,13-16H,9-12H2,1-4H3;1-4H2;3*1H;/q;;;;;+3/t13-,14-,15-,16-;;;;;/m0...../s1. The van der Waals surface area contributed by atoms with Crippen molar-refractivity contribution in [3.05, 3.63) is 24.3 Å². The van der Waals surface area contributed by atoms with E-state index in [1.165, 1.54) is 38.5 Å². The minimum absolute atomic E-state index is 0.332. The van der Waals surface area contributed by atoms with Crippen LogP contribution < -0.4 is 10.6 Å². The minimum atomic E-state index is -1.62. The molecule has 4 atom stereocenters. The number of hydrogen-bond acceptors (Lipinski definition) is 0. The summed E-state index contributed by atoms with van der Waals surface area (Å²) < 4.78 is 4.08. The van der Waals surface area contributed by atoms with Gasteiger partial charge in [-0.3, -0.25) is 0 Å². The van der Waals surface area contributed by atoms with Gasteiger partial charge in [0.2, 0.25) is 0 Å². The Labute approximate surface area is 198 Å². The molecule has 0 saturated carbocycles. The van der Waals surface area contributed by atoms with Gasteiger partial charge in [-0.15, -0.1) is 0 Å². The SMILES string of the molecule is C1CC[OH+]C1.C[C@H]1CC[C@H](C)[PH+]1c1ccccc1[PH+]1[C@@H](C)CC[C@@H]1C.[Cl][Cr]([Cl])[Cl]. The summed E-state index contributed by atoms with van der Waals surface area (Å²) in [5.74, 6) is 0. The van der Waals surface area contributed by atoms with Crippen LogP contribution in [0.25, 0.3) is 0 Å². The van der Waals surface area contributed by atoms with Gasteiger partial charge in [0.15, 0.2) is 0 Å². The molecule has 0 aliphatic carbocycles. The summed E-state index contributed by atoms with van der Waals surface area (Å²) in [5, 5.41) is 3.67. The van der Waals surface area contributed by atoms with E-state index in [0.717, 1.165) is 35.8 Å². The van der Waals surface area contributed by atoms with Crippen molar-refractivity contribution in [1.29, 1.82) is 0 Å². The molecule has 3 fully saturated rings. The third-order valence-corrected chi connectivity index (χ3v) is 14.4. The van der Waals surface area contributed by atoms with Gasteiger partial charge in [-0.2, -0.15) is 0 Å². The summed E-state index contributed by atoms with van der Waals surface area (Å²) in [7, 11) is 14.1. The van der Waals surface area contributed by atoms with Crippen molar-refractivity contribution in [2.75, 3.05) is 13.2 Å². The zero-order valence-corrected chi connectivity index (χ0v) is 23.8. The molecule has 0 radical (unpaired) electrons. The van der Waals surface area contributed by atoms with Crippen molar-refractivity contribution in [2.24, 2.45) is 0 Å². The molecular weight excluding hydrogens is 501 g/mol. The molecule has 167 valence electrons. The number of benzene rings is 1. The number of rotatable bonds is 2. The molecule has 3 saturated heterocycles. The van der Waals surface area contributed by atoms with Gasteiger partial charge >= 0.3 is 41.5 Å². The van der Waals surface area contributed by atoms with Crippen LogP contribution in [0.5, 0.6) is 0 Å². The Morgan fingerprint density at radius 1 is 0.724 bits per heavy atom. The van der Waals surface area contributed by atoms with E-state index in [9.17, 15) is 0 Å². The summed E-state index contributed by atoms with van der Waals surface area (Å²) in [6, 6.07) is 9.64. The van der Waals surface area contributed by atoms with Crippen molar-refractivity contribution in [1.82, 2.24) is 0 Å². The van der Waals surface area contributed by atoms with Crippen molar-refractivity contribution >= 4 is 56.6 Å². The van der Waals surface area contributed by atoms with Crippen LogP contribution in [0.1, 0.15) is 66.2 Å². The molecule has 4 rings (SSSR count). The Kier molecular flexibility index (Phi) is 12.8. The fourth-order valence-corrected chi connectivity index (χ4v) is 13.4. The van der Waals surface area contributed by atoms with Crippen LogP contribution in [0, 0.1) is 0 Å². The third-order valence-electron chi connectivity index (χ3n) is 6.62. The van der Waals surface area contributed by atoms with Gasteiger partial charge in [-0.1, -0.05) is 12.1 Å². The maximum absolute atomic E-state index is 4.93. The normalized spacial score (nSPS) is 30.1. The van der Waals surface area contributed by atoms with Crippen molar-refractivity contribution < 1.29 is 16.1 Å². The molecule has 1 nitrogen and oxygen atoms in total. The molecule has 1 aromatic carbocycles. The molecule has 3 aliphatic heterocycles. The first kappa shape index (κ1) is 26.7. The van der Waals surface area contributed by atoms with Gasteiger partial charge in [-0.05, 0) is 65.5 Å². The van der Waals surface area contributed by atoms with Crippen LogP contribution >= 0.6 is 46.0 Å². The van der Waals surface area contributed by atoms with Crippen molar-refractivity contribution in [3.63, 3.8) is 0 Å². The van der Waals surface area contributed by atoms with E-state index in [1.807, 2.05) is 10.6 Å². The van der Waals surface area contributed by atoms with Crippen LogP contribution in [0.4, 0.5) is 0 Å². The fourth-order valence-electron chi connectivity index (χ4n) is 5.20. The van der Waals surface area contributed by atoms with E-state index < -0.39 is 11.4 Å². The Balaban J connectivity index is 0.000000277. The van der Waals surface area contributed by atoms with Crippen molar-refractivity contribution in [3.8, 4) is 0 Å². The van der Waals surface area contributed by atoms with Gasteiger partial charge in [0.25, 0.3) is 0 Å². The van der Waals surface area contributed by atoms with E-state index in [-0.39, 0.29) is 15.8 Å². The molecule has 1 N–H and O–H groups in total. The first-order valence-electron chi connectivity index (χ1n) is 11.0. The second-order valence-electron chi connectivity index (χ2n) is 8.77. The van der Waals surface area contributed by atoms with Crippen LogP contribution in [0.3, 0.4) is 0 Å². The summed E-state index contributed by atoms with van der Waals surface area (Å²) in [5.41, 5.74) is 3.91. The second-order valence-corrected chi connectivity index (χ2v) is 21.9. The molecule has 29 heavy (non-hydrogen) atoms. The first-order chi connectivity index (χ1) is 13.8. The van der Waals surface area contributed by atoms with E-state index >= 15 is 0 Å². The molecule has 0 bridgehead atoms. The number of ether oxygens (including phenoxy) is 1. The van der Waals surface area contributed by atoms with E-state index in [0.29, 0.717) is 0 Å². The molecular formula is C22H39Cl3CrOP2+3. The molecule has 7 heteroatoms. The zero-order chi connectivity index (χ0) is 21.4. The van der Waals surface area contributed by atoms with E-state index in [1.54, 1.807) is 0 Å². The fraction of sp³-hybridized carbons (Fsp3) is 0.727. The molecule has 1 aromatic rings. The number of halogens is 3. The topological polar surface area (TPSA) is 12.8 Å². The summed E-state index contributed by atoms with van der Waals surface area (Å²) in [6.07, 6.45) is 8.54. The molecule has 0 amide bonds. The van der Waals surface area contributed by atoms with Crippen LogP contribution in [-0.2, 0) is 11.4 Å². The monoisotopic (exact) mass is 538 g/mol. The Bertz CT molecular complexity index is 530. The predicted molar refractivity (Wildman–Crippen MR) is 137 cm³/mol. The first-order valence-corrected chi connectivity index (χ1v) is 19.6. The van der Waals surface area contributed by atoms with Crippen molar-refractivity contribution in [2.45, 2.75) is 88.9 Å². The van der Waals surface area contributed by atoms with E-state index in [4.69, 9.17) is 30.1 Å². The summed E-state index contributed by atoms with van der Waals surface area (Å²) >= 11 is -1.62. The van der Waals surface area contributed by atoms with E-state index in [2.05, 4.69) is 56.7 Å². The van der Waals surface area contributed by atoms with Crippen LogP contribution in [0.15, 0.2) is 24.3 Å². The van der Waals surface area contributed by atoms with Crippen LogP contribution in [0.2, 0.25) is 0 Å². The molecule has 0 spiro atoms. The Morgan fingerprint density at radius 3 is 1.28 bits per heavy atom. The van der Waals surface area contributed by atoms with Gasteiger partial charge in [0.05, 0.1) is 22.6 Å². The molecule has 3 aliphatic rings. The second kappa shape index (κ2) is 13.9. The number of aliphatic hydroxyl groups is 2. The van der Waals surface area contributed by atoms with Gasteiger partial charge < -0.3 is 4.74 Å². The van der Waals surface area contributed by atoms with Crippen LogP contribution in [-0.4, -0.2) is 40.6 Å². The zero-order valence-electron chi connectivity index (χ0n) is 18.3. The summed E-state index contributed by atoms with van der Waals surface area (Å²) in [4.78, 5) is 0. The molecule has 0 aromatic heterocycles.